The molecule has 0 radical (unpaired) electrons. The van der Waals surface area contributed by atoms with E-state index in [0.717, 1.165) is 54.5 Å². The second-order valence-corrected chi connectivity index (χ2v) is 8.53. The summed E-state index contributed by atoms with van der Waals surface area (Å²) in [6.45, 7) is 0. The SMILES string of the molecule is Brc1ccc2oc3c(-c4nc(-c5ccccc5)cc(-c5ccccc5)n4)cccc3c2c1. The molecule has 0 aliphatic rings. The number of hydrogen-bond donors (Lipinski definition) is 0. The summed E-state index contributed by atoms with van der Waals surface area (Å²) < 4.78 is 7.30. The van der Waals surface area contributed by atoms with Gasteiger partial charge in [0.1, 0.15) is 11.2 Å². The normalized spacial score (nSPS) is 11.3. The van der Waals surface area contributed by atoms with E-state index in [4.69, 9.17) is 14.4 Å². The molecule has 6 aromatic rings. The van der Waals surface area contributed by atoms with Gasteiger partial charge in [0.2, 0.25) is 0 Å². The maximum atomic E-state index is 6.28. The summed E-state index contributed by atoms with van der Waals surface area (Å²) in [5, 5.41) is 2.12. The van der Waals surface area contributed by atoms with Gasteiger partial charge < -0.3 is 4.42 Å². The number of furan rings is 1. The molecule has 2 heterocycles. The number of nitrogens with zero attached hydrogens (tertiary/aromatic N) is 2. The Morgan fingerprint density at radius 2 is 1.25 bits per heavy atom. The standard InChI is InChI=1S/C28H17BrN2O/c29-20-14-15-26-23(16-20)21-12-7-13-22(27(21)32-26)28-30-24(18-8-3-1-4-9-18)17-25(31-28)19-10-5-2-6-11-19/h1-17H. The van der Waals surface area contributed by atoms with Crippen molar-refractivity contribution in [1.29, 1.82) is 0 Å². The fourth-order valence-electron chi connectivity index (χ4n) is 4.03. The summed E-state index contributed by atoms with van der Waals surface area (Å²) in [6, 6.07) is 34.6. The van der Waals surface area contributed by atoms with E-state index in [2.05, 4.69) is 52.3 Å². The second-order valence-electron chi connectivity index (χ2n) is 7.62. The van der Waals surface area contributed by atoms with Crippen molar-refractivity contribution >= 4 is 37.9 Å². The molecule has 0 spiro atoms. The Kier molecular flexibility index (Phi) is 4.58. The maximum Gasteiger partial charge on any atom is 0.164 e. The van der Waals surface area contributed by atoms with E-state index in [1.165, 1.54) is 0 Å². The minimum absolute atomic E-state index is 0.647. The Bertz CT molecular complexity index is 1520. The summed E-state index contributed by atoms with van der Waals surface area (Å²) in [4.78, 5) is 9.91. The number of halogens is 1. The predicted molar refractivity (Wildman–Crippen MR) is 133 cm³/mol. The Balaban J connectivity index is 1.63. The Morgan fingerprint density at radius 3 is 1.91 bits per heavy atom. The molecular formula is C28H17BrN2O. The molecule has 0 saturated carbocycles. The van der Waals surface area contributed by atoms with Crippen LogP contribution in [0.5, 0.6) is 0 Å². The third kappa shape index (κ3) is 3.29. The highest BCUT2D eigenvalue weighted by molar-refractivity contribution is 9.10. The van der Waals surface area contributed by atoms with E-state index in [0.29, 0.717) is 5.82 Å². The lowest BCUT2D eigenvalue weighted by Gasteiger charge is -2.09. The van der Waals surface area contributed by atoms with Crippen LogP contribution in [0.4, 0.5) is 0 Å². The lowest BCUT2D eigenvalue weighted by molar-refractivity contribution is 0.669. The minimum atomic E-state index is 0.647. The van der Waals surface area contributed by atoms with Crippen LogP contribution in [0.3, 0.4) is 0 Å². The van der Waals surface area contributed by atoms with Crippen molar-refractivity contribution in [2.24, 2.45) is 0 Å². The predicted octanol–water partition coefficient (Wildman–Crippen LogP) is 8.14. The minimum Gasteiger partial charge on any atom is -0.455 e. The van der Waals surface area contributed by atoms with Crippen LogP contribution in [0.25, 0.3) is 55.8 Å². The molecule has 32 heavy (non-hydrogen) atoms. The van der Waals surface area contributed by atoms with E-state index in [9.17, 15) is 0 Å². The zero-order chi connectivity index (χ0) is 21.5. The zero-order valence-corrected chi connectivity index (χ0v) is 18.6. The van der Waals surface area contributed by atoms with Gasteiger partial charge in [-0.3, -0.25) is 0 Å². The molecule has 0 bridgehead atoms. The van der Waals surface area contributed by atoms with Crippen molar-refractivity contribution < 1.29 is 4.42 Å². The van der Waals surface area contributed by atoms with Gasteiger partial charge in [-0.1, -0.05) is 88.7 Å². The third-order valence-electron chi connectivity index (χ3n) is 5.56. The molecule has 0 amide bonds. The van der Waals surface area contributed by atoms with Crippen LogP contribution in [0.15, 0.2) is 112 Å². The molecule has 2 aromatic heterocycles. The van der Waals surface area contributed by atoms with Gasteiger partial charge >= 0.3 is 0 Å². The molecule has 0 atom stereocenters. The molecule has 152 valence electrons. The van der Waals surface area contributed by atoms with Crippen molar-refractivity contribution in [1.82, 2.24) is 9.97 Å². The van der Waals surface area contributed by atoms with Crippen molar-refractivity contribution in [2.45, 2.75) is 0 Å². The average Bonchev–Trinajstić information content (AvgIpc) is 3.23. The largest absolute Gasteiger partial charge is 0.455 e. The van der Waals surface area contributed by atoms with Crippen molar-refractivity contribution in [3.63, 3.8) is 0 Å². The number of aromatic nitrogens is 2. The van der Waals surface area contributed by atoms with Crippen molar-refractivity contribution in [2.75, 3.05) is 0 Å². The lowest BCUT2D eigenvalue weighted by atomic mass is 10.1. The molecular weight excluding hydrogens is 460 g/mol. The third-order valence-corrected chi connectivity index (χ3v) is 6.06. The van der Waals surface area contributed by atoms with E-state index in [1.54, 1.807) is 0 Å². The summed E-state index contributed by atoms with van der Waals surface area (Å²) in [5.74, 6) is 0.647. The van der Waals surface area contributed by atoms with Gasteiger partial charge in [-0.15, -0.1) is 0 Å². The van der Waals surface area contributed by atoms with Crippen LogP contribution in [0, 0.1) is 0 Å². The summed E-state index contributed by atoms with van der Waals surface area (Å²) >= 11 is 3.57. The van der Waals surface area contributed by atoms with Gasteiger partial charge in [-0.2, -0.15) is 0 Å². The first-order valence-corrected chi connectivity index (χ1v) is 11.2. The fourth-order valence-corrected chi connectivity index (χ4v) is 4.39. The zero-order valence-electron chi connectivity index (χ0n) is 17.0. The summed E-state index contributed by atoms with van der Waals surface area (Å²) in [6.07, 6.45) is 0. The van der Waals surface area contributed by atoms with Gasteiger partial charge in [0.25, 0.3) is 0 Å². The van der Waals surface area contributed by atoms with Crippen LogP contribution in [-0.2, 0) is 0 Å². The molecule has 0 fully saturated rings. The van der Waals surface area contributed by atoms with E-state index >= 15 is 0 Å². The van der Waals surface area contributed by atoms with Crippen LogP contribution in [0.2, 0.25) is 0 Å². The quantitative estimate of drug-likeness (QED) is 0.258. The maximum absolute atomic E-state index is 6.28. The van der Waals surface area contributed by atoms with E-state index in [-0.39, 0.29) is 0 Å². The van der Waals surface area contributed by atoms with Crippen LogP contribution in [0.1, 0.15) is 0 Å². The van der Waals surface area contributed by atoms with Crippen molar-refractivity contribution in [3.8, 4) is 33.9 Å². The molecule has 3 nitrogen and oxygen atoms in total. The molecule has 0 aliphatic heterocycles. The number of benzene rings is 4. The molecule has 0 saturated heterocycles. The highest BCUT2D eigenvalue weighted by Crippen LogP contribution is 2.37. The highest BCUT2D eigenvalue weighted by Gasteiger charge is 2.16. The van der Waals surface area contributed by atoms with Gasteiger partial charge in [0.15, 0.2) is 5.82 Å². The summed E-state index contributed by atoms with van der Waals surface area (Å²) in [7, 11) is 0. The fraction of sp³-hybridized carbons (Fsp3) is 0. The molecule has 4 aromatic carbocycles. The number of para-hydroxylation sites is 1. The number of rotatable bonds is 3. The average molecular weight is 477 g/mol. The van der Waals surface area contributed by atoms with Crippen LogP contribution < -0.4 is 0 Å². The Labute approximate surface area is 193 Å². The van der Waals surface area contributed by atoms with E-state index in [1.807, 2.05) is 66.7 Å². The lowest BCUT2D eigenvalue weighted by Crippen LogP contribution is -1.96. The first-order chi connectivity index (χ1) is 15.8. The Hall–Kier alpha value is -3.76. The first-order valence-electron chi connectivity index (χ1n) is 10.4. The highest BCUT2D eigenvalue weighted by atomic mass is 79.9. The Morgan fingerprint density at radius 1 is 0.594 bits per heavy atom. The van der Waals surface area contributed by atoms with Gasteiger partial charge in [-0.05, 0) is 30.3 Å². The molecule has 0 aliphatic carbocycles. The first kappa shape index (κ1) is 19.0. The molecule has 6 rings (SSSR count). The smallest absolute Gasteiger partial charge is 0.164 e. The number of fused-ring (bicyclic) bond motifs is 3. The van der Waals surface area contributed by atoms with E-state index < -0.39 is 0 Å². The molecule has 0 N–H and O–H groups in total. The second kappa shape index (κ2) is 7.74. The van der Waals surface area contributed by atoms with Crippen LogP contribution in [-0.4, -0.2) is 9.97 Å². The number of hydrogen-bond acceptors (Lipinski definition) is 3. The van der Waals surface area contributed by atoms with Gasteiger partial charge in [0.05, 0.1) is 17.0 Å². The molecule has 0 unspecified atom stereocenters. The van der Waals surface area contributed by atoms with Gasteiger partial charge in [-0.25, -0.2) is 9.97 Å². The van der Waals surface area contributed by atoms with Crippen LogP contribution >= 0.6 is 15.9 Å². The molecule has 4 heteroatoms. The topological polar surface area (TPSA) is 38.9 Å². The summed E-state index contributed by atoms with van der Waals surface area (Å²) in [5.41, 5.74) is 6.38. The van der Waals surface area contributed by atoms with Gasteiger partial charge in [0, 0.05) is 26.4 Å². The van der Waals surface area contributed by atoms with Crippen molar-refractivity contribution in [3.05, 3.63) is 108 Å². The monoisotopic (exact) mass is 476 g/mol.